The van der Waals surface area contributed by atoms with E-state index in [1.165, 1.54) is 23.2 Å². The van der Waals surface area contributed by atoms with Gasteiger partial charge in [-0.2, -0.15) is 0 Å². The molecule has 2 heterocycles. The van der Waals surface area contributed by atoms with Crippen molar-refractivity contribution in [1.29, 1.82) is 0 Å². The number of anilines is 1. The summed E-state index contributed by atoms with van der Waals surface area (Å²) in [6, 6.07) is 5.26. The quantitative estimate of drug-likeness (QED) is 0.269. The highest BCUT2D eigenvalue weighted by molar-refractivity contribution is 7.13. The molecule has 1 fully saturated rings. The SMILES string of the molecule is C/C=C\Cc1sc(C(=O)C2CCCc3cc(N4CC(CNC(C)=O)OC4=O)ccc3C2=O)nc1C. The van der Waals surface area contributed by atoms with Crippen LogP contribution in [0.3, 0.4) is 0 Å². The third-order valence-electron chi connectivity index (χ3n) is 6.33. The Hall–Kier alpha value is -3.33. The van der Waals surface area contributed by atoms with Gasteiger partial charge in [0.05, 0.1) is 24.7 Å². The van der Waals surface area contributed by atoms with Gasteiger partial charge in [-0.3, -0.25) is 19.3 Å². The zero-order valence-corrected chi connectivity index (χ0v) is 20.9. The molecule has 9 heteroatoms. The summed E-state index contributed by atoms with van der Waals surface area (Å²) in [5.41, 5.74) is 2.82. The number of ether oxygens (including phenoxy) is 1. The summed E-state index contributed by atoms with van der Waals surface area (Å²) in [6.45, 7) is 5.81. The van der Waals surface area contributed by atoms with Gasteiger partial charge in [-0.05, 0) is 56.9 Å². The Kier molecular flexibility index (Phi) is 7.45. The van der Waals surface area contributed by atoms with Crippen molar-refractivity contribution in [2.45, 2.75) is 52.6 Å². The van der Waals surface area contributed by atoms with Crippen LogP contribution in [0.5, 0.6) is 0 Å². The molecule has 1 N–H and O–H groups in total. The molecular weight excluding hydrogens is 466 g/mol. The average Bonchev–Trinajstić information content (AvgIpc) is 3.34. The predicted molar refractivity (Wildman–Crippen MR) is 133 cm³/mol. The summed E-state index contributed by atoms with van der Waals surface area (Å²) >= 11 is 1.37. The molecule has 184 valence electrons. The predicted octanol–water partition coefficient (Wildman–Crippen LogP) is 4.05. The molecule has 8 nitrogen and oxygen atoms in total. The first-order valence-corrected chi connectivity index (χ1v) is 12.6. The molecule has 1 aliphatic heterocycles. The fourth-order valence-electron chi connectivity index (χ4n) is 4.45. The van der Waals surface area contributed by atoms with Crippen molar-refractivity contribution in [2.24, 2.45) is 5.92 Å². The van der Waals surface area contributed by atoms with Crippen LogP contribution < -0.4 is 10.2 Å². The largest absolute Gasteiger partial charge is 0.442 e. The van der Waals surface area contributed by atoms with E-state index in [0.29, 0.717) is 42.1 Å². The highest BCUT2D eigenvalue weighted by Crippen LogP contribution is 2.32. The molecule has 0 spiro atoms. The molecule has 4 rings (SSSR count). The second-order valence-corrected chi connectivity index (χ2v) is 9.95. The smallest absolute Gasteiger partial charge is 0.414 e. The number of rotatable bonds is 7. The van der Waals surface area contributed by atoms with Gasteiger partial charge in [0.1, 0.15) is 6.10 Å². The summed E-state index contributed by atoms with van der Waals surface area (Å²) < 4.78 is 5.35. The molecule has 2 aromatic rings. The molecule has 1 aromatic carbocycles. The van der Waals surface area contributed by atoms with Gasteiger partial charge in [-0.25, -0.2) is 9.78 Å². The Morgan fingerprint density at radius 1 is 1.31 bits per heavy atom. The summed E-state index contributed by atoms with van der Waals surface area (Å²) in [5.74, 6) is -1.34. The number of nitrogens with zero attached hydrogens (tertiary/aromatic N) is 2. The molecule has 2 aliphatic rings. The number of ketones is 2. The van der Waals surface area contributed by atoms with Crippen molar-refractivity contribution in [2.75, 3.05) is 18.0 Å². The van der Waals surface area contributed by atoms with Crippen LogP contribution in [-0.4, -0.2) is 47.7 Å². The molecule has 2 unspecified atom stereocenters. The number of hydrogen-bond donors (Lipinski definition) is 1. The van der Waals surface area contributed by atoms with E-state index in [1.54, 1.807) is 12.1 Å². The lowest BCUT2D eigenvalue weighted by Crippen LogP contribution is -2.33. The van der Waals surface area contributed by atoms with E-state index in [9.17, 15) is 19.2 Å². The lowest BCUT2D eigenvalue weighted by atomic mass is 9.91. The Balaban J connectivity index is 1.52. The number of hydrogen-bond acceptors (Lipinski definition) is 7. The molecule has 0 bridgehead atoms. The minimum atomic E-state index is -0.749. The normalized spacial score (nSPS) is 20.0. The van der Waals surface area contributed by atoms with Crippen molar-refractivity contribution in [1.82, 2.24) is 10.3 Å². The van der Waals surface area contributed by atoms with Crippen LogP contribution in [0.15, 0.2) is 30.4 Å². The summed E-state index contributed by atoms with van der Waals surface area (Å²) in [6.07, 6.45) is 5.58. The number of fused-ring (bicyclic) bond motifs is 1. The van der Waals surface area contributed by atoms with Crippen LogP contribution in [0.4, 0.5) is 10.5 Å². The first-order chi connectivity index (χ1) is 16.8. The standard InChI is InChI=1S/C26H29N3O5S/c1-4-5-9-22-15(2)28-25(35-22)24(32)21-8-6-7-17-12-18(10-11-20(17)23(21)31)29-14-19(34-26(29)33)13-27-16(3)30/h4-5,10-12,19,21H,6-9,13-14H2,1-3H3,(H,27,30)/b5-4-. The lowest BCUT2D eigenvalue weighted by Gasteiger charge is -2.16. The maximum atomic E-state index is 13.4. The van der Waals surface area contributed by atoms with Crippen molar-refractivity contribution in [3.63, 3.8) is 0 Å². The zero-order valence-electron chi connectivity index (χ0n) is 20.1. The molecule has 0 radical (unpaired) electrons. The maximum Gasteiger partial charge on any atom is 0.414 e. The van der Waals surface area contributed by atoms with Crippen molar-refractivity contribution >= 4 is 40.6 Å². The number of benzene rings is 1. The third kappa shape index (κ3) is 5.35. The van der Waals surface area contributed by atoms with E-state index < -0.39 is 18.1 Å². The zero-order chi connectivity index (χ0) is 25.1. The van der Waals surface area contributed by atoms with E-state index in [0.717, 1.165) is 22.6 Å². The van der Waals surface area contributed by atoms with Crippen molar-refractivity contribution < 1.29 is 23.9 Å². The van der Waals surface area contributed by atoms with Crippen molar-refractivity contribution in [3.8, 4) is 0 Å². The monoisotopic (exact) mass is 495 g/mol. The second kappa shape index (κ2) is 10.5. The Labute approximate surface area is 208 Å². The highest BCUT2D eigenvalue weighted by Gasteiger charge is 2.36. The van der Waals surface area contributed by atoms with Crippen LogP contribution in [0.2, 0.25) is 0 Å². The number of allylic oxidation sites excluding steroid dienone is 2. The number of thiazole rings is 1. The summed E-state index contributed by atoms with van der Waals surface area (Å²) in [5, 5.41) is 3.05. The number of carbonyl (C=O) groups is 4. The van der Waals surface area contributed by atoms with Gasteiger partial charge in [0.2, 0.25) is 11.7 Å². The molecule has 2 amide bonds. The number of amides is 2. The molecule has 35 heavy (non-hydrogen) atoms. The molecule has 1 aliphatic carbocycles. The molecule has 2 atom stereocenters. The summed E-state index contributed by atoms with van der Waals surface area (Å²) in [7, 11) is 0. The topological polar surface area (TPSA) is 106 Å². The van der Waals surface area contributed by atoms with Gasteiger partial charge in [0.15, 0.2) is 10.8 Å². The average molecular weight is 496 g/mol. The fraction of sp³-hybridized carbons (Fsp3) is 0.423. The van der Waals surface area contributed by atoms with E-state index in [1.807, 2.05) is 32.1 Å². The minimum absolute atomic E-state index is 0.186. The Bertz CT molecular complexity index is 1200. The molecular formula is C26H29N3O5S. The number of cyclic esters (lactones) is 1. The van der Waals surface area contributed by atoms with E-state index >= 15 is 0 Å². The number of nitrogens with one attached hydrogen (secondary N) is 1. The minimum Gasteiger partial charge on any atom is -0.442 e. The Morgan fingerprint density at radius 3 is 2.86 bits per heavy atom. The van der Waals surface area contributed by atoms with Crippen LogP contribution in [0.1, 0.15) is 63.0 Å². The van der Waals surface area contributed by atoms with Gasteiger partial charge in [-0.1, -0.05) is 12.2 Å². The maximum absolute atomic E-state index is 13.4. The van der Waals surface area contributed by atoms with E-state index in [2.05, 4.69) is 10.3 Å². The highest BCUT2D eigenvalue weighted by atomic mass is 32.1. The van der Waals surface area contributed by atoms with Gasteiger partial charge in [0.25, 0.3) is 0 Å². The summed E-state index contributed by atoms with van der Waals surface area (Å²) in [4.78, 5) is 57.3. The van der Waals surface area contributed by atoms with Crippen LogP contribution in [0.25, 0.3) is 0 Å². The Morgan fingerprint density at radius 2 is 2.11 bits per heavy atom. The van der Waals surface area contributed by atoms with Crippen molar-refractivity contribution in [3.05, 3.63) is 57.1 Å². The van der Waals surface area contributed by atoms with Crippen LogP contribution >= 0.6 is 11.3 Å². The molecule has 1 aromatic heterocycles. The molecule has 0 saturated carbocycles. The van der Waals surface area contributed by atoms with E-state index in [4.69, 9.17) is 4.74 Å². The first kappa shape index (κ1) is 24.8. The van der Waals surface area contributed by atoms with Crippen LogP contribution in [0, 0.1) is 12.8 Å². The molecule has 1 saturated heterocycles. The van der Waals surface area contributed by atoms with E-state index in [-0.39, 0.29) is 24.0 Å². The lowest BCUT2D eigenvalue weighted by molar-refractivity contribution is -0.119. The fourth-order valence-corrected chi connectivity index (χ4v) is 5.49. The number of Topliss-reactive ketones (excluding diaryl/α,β-unsaturated/α-hetero) is 2. The number of aryl methyl sites for hydroxylation is 2. The number of aromatic nitrogens is 1. The van der Waals surface area contributed by atoms with Gasteiger partial charge in [0, 0.05) is 29.5 Å². The van der Waals surface area contributed by atoms with Gasteiger partial charge in [-0.15, -0.1) is 11.3 Å². The second-order valence-electron chi connectivity index (χ2n) is 8.87. The third-order valence-corrected chi connectivity index (χ3v) is 7.53. The van der Waals surface area contributed by atoms with Gasteiger partial charge < -0.3 is 10.1 Å². The first-order valence-electron chi connectivity index (χ1n) is 11.8. The van der Waals surface area contributed by atoms with Gasteiger partial charge >= 0.3 is 6.09 Å². The number of carbonyl (C=O) groups excluding carboxylic acids is 4. The van der Waals surface area contributed by atoms with Crippen LogP contribution in [-0.2, 0) is 22.4 Å².